The summed E-state index contributed by atoms with van der Waals surface area (Å²) in [6, 6.07) is 2.23. The number of amides is 2. The molecule has 1 aromatic heterocycles. The second-order valence-corrected chi connectivity index (χ2v) is 8.16. The molecule has 142 valence electrons. The fourth-order valence-corrected chi connectivity index (χ4v) is 4.09. The van der Waals surface area contributed by atoms with Crippen molar-refractivity contribution in [1.82, 2.24) is 15.1 Å². The highest BCUT2D eigenvalue weighted by Crippen LogP contribution is 2.44. The molecule has 0 bridgehead atoms. The molecule has 3 fully saturated rings. The number of nitrogens with zero attached hydrogens (tertiary/aromatic N) is 2. The highest BCUT2D eigenvalue weighted by molar-refractivity contribution is 5.95. The van der Waals surface area contributed by atoms with Crippen LogP contribution in [-0.4, -0.2) is 60.4 Å². The van der Waals surface area contributed by atoms with E-state index in [1.54, 1.807) is 0 Å². The first-order valence-corrected chi connectivity index (χ1v) is 9.89. The molecule has 0 unspecified atom stereocenters. The lowest BCUT2D eigenvalue weighted by atomic mass is 10.1. The minimum atomic E-state index is 0.0333. The van der Waals surface area contributed by atoms with E-state index in [9.17, 15) is 9.59 Å². The van der Waals surface area contributed by atoms with Gasteiger partial charge in [-0.2, -0.15) is 0 Å². The van der Waals surface area contributed by atoms with Crippen LogP contribution in [0.5, 0.6) is 0 Å². The second kappa shape index (κ2) is 7.06. The fraction of sp³-hybridized carbons (Fsp3) is 0.700. The van der Waals surface area contributed by atoms with Crippen molar-refractivity contribution < 1.29 is 14.0 Å². The number of furan rings is 1. The Balaban J connectivity index is 1.25. The maximum atomic E-state index is 12.6. The van der Waals surface area contributed by atoms with Gasteiger partial charge in [-0.05, 0) is 57.4 Å². The molecule has 2 amide bonds. The molecule has 2 aliphatic carbocycles. The van der Waals surface area contributed by atoms with Crippen LogP contribution in [0.4, 0.5) is 0 Å². The second-order valence-electron chi connectivity index (χ2n) is 8.16. The van der Waals surface area contributed by atoms with Gasteiger partial charge in [-0.15, -0.1) is 0 Å². The molecule has 0 aromatic carbocycles. The van der Waals surface area contributed by atoms with Gasteiger partial charge < -0.3 is 14.6 Å². The first kappa shape index (κ1) is 17.6. The number of hydrogen-bond acceptors (Lipinski definition) is 4. The normalized spacial score (nSPS) is 21.3. The van der Waals surface area contributed by atoms with Gasteiger partial charge in [-0.25, -0.2) is 0 Å². The Labute approximate surface area is 154 Å². The maximum absolute atomic E-state index is 12.6. The van der Waals surface area contributed by atoms with Crippen molar-refractivity contribution in [1.29, 1.82) is 0 Å². The third kappa shape index (κ3) is 3.95. The van der Waals surface area contributed by atoms with E-state index in [-0.39, 0.29) is 11.8 Å². The molecule has 26 heavy (non-hydrogen) atoms. The summed E-state index contributed by atoms with van der Waals surface area (Å²) in [7, 11) is 0. The predicted molar refractivity (Wildman–Crippen MR) is 97.9 cm³/mol. The fourth-order valence-electron chi connectivity index (χ4n) is 4.09. The molecule has 1 N–H and O–H groups in total. The standard InChI is InChI=1S/C20H29N3O3/c1-13-11-17(14(2)26-13)20(25)23-9-7-22(8-10-23)12-18(24)21-19(15-3-4-15)16-5-6-16/h11,15-16,19H,3-10,12H2,1-2H3,(H,21,24). The lowest BCUT2D eigenvalue weighted by molar-refractivity contribution is -0.123. The summed E-state index contributed by atoms with van der Waals surface area (Å²) in [4.78, 5) is 29.1. The van der Waals surface area contributed by atoms with E-state index in [4.69, 9.17) is 4.42 Å². The molecule has 0 radical (unpaired) electrons. The molecule has 1 aromatic rings. The van der Waals surface area contributed by atoms with Crippen molar-refractivity contribution in [3.8, 4) is 0 Å². The van der Waals surface area contributed by atoms with Crippen molar-refractivity contribution in [2.24, 2.45) is 11.8 Å². The number of carbonyl (C=O) groups excluding carboxylic acids is 2. The molecule has 4 rings (SSSR count). The first-order valence-electron chi connectivity index (χ1n) is 9.89. The van der Waals surface area contributed by atoms with Crippen LogP contribution in [0.2, 0.25) is 0 Å². The molecular weight excluding hydrogens is 330 g/mol. The minimum Gasteiger partial charge on any atom is -0.466 e. The average Bonchev–Trinajstić information content (AvgIpc) is 3.52. The summed E-state index contributed by atoms with van der Waals surface area (Å²) in [5.41, 5.74) is 0.658. The van der Waals surface area contributed by atoms with Gasteiger partial charge in [0.05, 0.1) is 12.1 Å². The van der Waals surface area contributed by atoms with Gasteiger partial charge in [-0.1, -0.05) is 0 Å². The minimum absolute atomic E-state index is 0.0333. The van der Waals surface area contributed by atoms with Crippen LogP contribution in [-0.2, 0) is 4.79 Å². The zero-order valence-electron chi connectivity index (χ0n) is 15.8. The number of carbonyl (C=O) groups is 2. The first-order chi connectivity index (χ1) is 12.5. The van der Waals surface area contributed by atoms with Crippen LogP contribution in [0.25, 0.3) is 0 Å². The van der Waals surface area contributed by atoms with Gasteiger partial charge >= 0.3 is 0 Å². The number of aryl methyl sites for hydroxylation is 2. The van der Waals surface area contributed by atoms with Gasteiger partial charge in [0.15, 0.2) is 0 Å². The average molecular weight is 359 g/mol. The molecular formula is C20H29N3O3. The highest BCUT2D eigenvalue weighted by atomic mass is 16.3. The Hall–Kier alpha value is -1.82. The number of nitrogens with one attached hydrogen (secondary N) is 1. The van der Waals surface area contributed by atoms with Crippen molar-refractivity contribution in [2.75, 3.05) is 32.7 Å². The quantitative estimate of drug-likeness (QED) is 0.843. The Morgan fingerprint density at radius 3 is 2.23 bits per heavy atom. The van der Waals surface area contributed by atoms with E-state index in [0.717, 1.165) is 30.7 Å². The third-order valence-electron chi connectivity index (χ3n) is 5.89. The Morgan fingerprint density at radius 1 is 1.12 bits per heavy atom. The summed E-state index contributed by atoms with van der Waals surface area (Å²) in [6.45, 7) is 6.93. The lowest BCUT2D eigenvalue weighted by Gasteiger charge is -2.34. The monoisotopic (exact) mass is 359 g/mol. The largest absolute Gasteiger partial charge is 0.466 e. The highest BCUT2D eigenvalue weighted by Gasteiger charge is 2.42. The molecule has 1 aliphatic heterocycles. The van der Waals surface area contributed by atoms with E-state index in [1.165, 1.54) is 25.7 Å². The van der Waals surface area contributed by atoms with Crippen molar-refractivity contribution >= 4 is 11.8 Å². The van der Waals surface area contributed by atoms with Gasteiger partial charge in [0.2, 0.25) is 5.91 Å². The summed E-state index contributed by atoms with van der Waals surface area (Å²) in [5, 5.41) is 3.28. The maximum Gasteiger partial charge on any atom is 0.257 e. The zero-order chi connectivity index (χ0) is 18.3. The molecule has 2 heterocycles. The van der Waals surface area contributed by atoms with E-state index >= 15 is 0 Å². The van der Waals surface area contributed by atoms with E-state index in [0.29, 0.717) is 37.0 Å². The van der Waals surface area contributed by atoms with Crippen LogP contribution < -0.4 is 5.32 Å². The molecule has 0 atom stereocenters. The Kier molecular flexibility index (Phi) is 4.78. The van der Waals surface area contributed by atoms with Crippen molar-refractivity contribution in [3.05, 3.63) is 23.2 Å². The van der Waals surface area contributed by atoms with E-state index in [1.807, 2.05) is 24.8 Å². The molecule has 2 saturated carbocycles. The summed E-state index contributed by atoms with van der Waals surface area (Å²) in [6.07, 6.45) is 5.09. The van der Waals surface area contributed by atoms with Crippen LogP contribution in [0, 0.1) is 25.7 Å². The Bertz CT molecular complexity index is 670. The summed E-state index contributed by atoms with van der Waals surface area (Å²) < 4.78 is 5.48. The summed E-state index contributed by atoms with van der Waals surface area (Å²) >= 11 is 0. The molecule has 3 aliphatic rings. The summed E-state index contributed by atoms with van der Waals surface area (Å²) in [5.74, 6) is 3.08. The van der Waals surface area contributed by atoms with Crippen LogP contribution in [0.1, 0.15) is 47.6 Å². The third-order valence-corrected chi connectivity index (χ3v) is 5.89. The van der Waals surface area contributed by atoms with E-state index < -0.39 is 0 Å². The van der Waals surface area contributed by atoms with Crippen molar-refractivity contribution in [3.63, 3.8) is 0 Å². The van der Waals surface area contributed by atoms with Crippen LogP contribution in [0.15, 0.2) is 10.5 Å². The van der Waals surface area contributed by atoms with Crippen LogP contribution in [0.3, 0.4) is 0 Å². The molecule has 0 spiro atoms. The number of hydrogen-bond donors (Lipinski definition) is 1. The lowest BCUT2D eigenvalue weighted by Crippen LogP contribution is -2.52. The van der Waals surface area contributed by atoms with Gasteiger partial charge in [-0.3, -0.25) is 14.5 Å². The Morgan fingerprint density at radius 2 is 1.73 bits per heavy atom. The number of rotatable bonds is 6. The number of piperazine rings is 1. The zero-order valence-corrected chi connectivity index (χ0v) is 15.8. The predicted octanol–water partition coefficient (Wildman–Crippen LogP) is 1.96. The van der Waals surface area contributed by atoms with E-state index in [2.05, 4.69) is 10.2 Å². The smallest absolute Gasteiger partial charge is 0.257 e. The van der Waals surface area contributed by atoms with Crippen molar-refractivity contribution in [2.45, 2.75) is 45.6 Å². The van der Waals surface area contributed by atoms with Crippen LogP contribution >= 0.6 is 0 Å². The molecule has 6 nitrogen and oxygen atoms in total. The van der Waals surface area contributed by atoms with Gasteiger partial charge in [0, 0.05) is 32.2 Å². The SMILES string of the molecule is Cc1cc(C(=O)N2CCN(CC(=O)NC(C3CC3)C3CC3)CC2)c(C)o1. The van der Waals surface area contributed by atoms with Gasteiger partial charge in [0.25, 0.3) is 5.91 Å². The molecule has 1 saturated heterocycles. The topological polar surface area (TPSA) is 65.8 Å². The van der Waals surface area contributed by atoms with Gasteiger partial charge in [0.1, 0.15) is 11.5 Å². The molecule has 6 heteroatoms.